The third-order valence-corrected chi connectivity index (χ3v) is 2.71. The molecule has 0 amide bonds. The first-order chi connectivity index (χ1) is 7.06. The van der Waals surface area contributed by atoms with E-state index in [0.717, 1.165) is 12.8 Å². The van der Waals surface area contributed by atoms with Crippen molar-refractivity contribution in [3.05, 3.63) is 36.0 Å². The second-order valence-corrected chi connectivity index (χ2v) is 4.85. The first-order valence-electron chi connectivity index (χ1n) is 5.40. The molecular weight excluding hydrogens is 184 g/mol. The van der Waals surface area contributed by atoms with Crippen LogP contribution in [0.3, 0.4) is 0 Å². The summed E-state index contributed by atoms with van der Waals surface area (Å²) in [4.78, 5) is 3.28. The van der Waals surface area contributed by atoms with Gasteiger partial charge in [-0.15, -0.1) is 0 Å². The summed E-state index contributed by atoms with van der Waals surface area (Å²) in [6.45, 7) is 4.14. The molecule has 3 N–H and O–H groups in total. The number of aromatic nitrogens is 1. The normalized spacial score (nSPS) is 12.2. The molecule has 15 heavy (non-hydrogen) atoms. The number of hydrogen-bond acceptors (Lipinski definition) is 1. The van der Waals surface area contributed by atoms with Gasteiger partial charge >= 0.3 is 0 Å². The van der Waals surface area contributed by atoms with Gasteiger partial charge in [0.15, 0.2) is 0 Å². The molecule has 0 aliphatic rings. The van der Waals surface area contributed by atoms with Gasteiger partial charge in [-0.25, -0.2) is 0 Å². The van der Waals surface area contributed by atoms with E-state index in [4.69, 9.17) is 5.73 Å². The SMILES string of the molecule is CC(C)(N)CCc1c[nH]c2ccccc12. The van der Waals surface area contributed by atoms with Gasteiger partial charge in [0.2, 0.25) is 0 Å². The van der Waals surface area contributed by atoms with E-state index in [1.165, 1.54) is 16.5 Å². The zero-order chi connectivity index (χ0) is 10.9. The van der Waals surface area contributed by atoms with Gasteiger partial charge in [-0.3, -0.25) is 0 Å². The van der Waals surface area contributed by atoms with E-state index in [9.17, 15) is 0 Å². The zero-order valence-electron chi connectivity index (χ0n) is 9.38. The first-order valence-corrected chi connectivity index (χ1v) is 5.40. The molecule has 0 fully saturated rings. The van der Waals surface area contributed by atoms with Crippen LogP contribution < -0.4 is 5.73 Å². The molecule has 1 aromatic carbocycles. The maximum Gasteiger partial charge on any atom is 0.0456 e. The van der Waals surface area contributed by atoms with Gasteiger partial charge < -0.3 is 10.7 Å². The Morgan fingerprint density at radius 1 is 1.27 bits per heavy atom. The number of aryl methyl sites for hydroxylation is 1. The maximum atomic E-state index is 5.99. The predicted molar refractivity (Wildman–Crippen MR) is 64.9 cm³/mol. The lowest BCUT2D eigenvalue weighted by molar-refractivity contribution is 0.477. The number of benzene rings is 1. The molecule has 0 atom stereocenters. The van der Waals surface area contributed by atoms with E-state index in [1.807, 2.05) is 0 Å². The van der Waals surface area contributed by atoms with E-state index in [2.05, 4.69) is 49.3 Å². The van der Waals surface area contributed by atoms with Crippen LogP contribution in [0.15, 0.2) is 30.5 Å². The molecule has 2 aromatic rings. The summed E-state index contributed by atoms with van der Waals surface area (Å²) >= 11 is 0. The molecular formula is C13H18N2. The number of fused-ring (bicyclic) bond motifs is 1. The molecule has 0 radical (unpaired) electrons. The van der Waals surface area contributed by atoms with Gasteiger partial charge in [0.05, 0.1) is 0 Å². The summed E-state index contributed by atoms with van der Waals surface area (Å²) in [7, 11) is 0. The highest BCUT2D eigenvalue weighted by Crippen LogP contribution is 2.20. The van der Waals surface area contributed by atoms with E-state index < -0.39 is 0 Å². The number of nitrogens with one attached hydrogen (secondary N) is 1. The fourth-order valence-corrected chi connectivity index (χ4v) is 1.80. The third kappa shape index (κ3) is 2.39. The minimum atomic E-state index is -0.0849. The van der Waals surface area contributed by atoms with Crippen molar-refractivity contribution in [1.29, 1.82) is 0 Å². The monoisotopic (exact) mass is 202 g/mol. The van der Waals surface area contributed by atoms with Crippen LogP contribution in [-0.4, -0.2) is 10.5 Å². The van der Waals surface area contributed by atoms with E-state index in [0.29, 0.717) is 0 Å². The lowest BCUT2D eigenvalue weighted by Crippen LogP contribution is -2.32. The van der Waals surface area contributed by atoms with Gasteiger partial charge in [-0.05, 0) is 38.3 Å². The van der Waals surface area contributed by atoms with Crippen molar-refractivity contribution in [2.45, 2.75) is 32.2 Å². The molecule has 0 unspecified atom stereocenters. The van der Waals surface area contributed by atoms with E-state index in [-0.39, 0.29) is 5.54 Å². The highest BCUT2D eigenvalue weighted by molar-refractivity contribution is 5.82. The van der Waals surface area contributed by atoms with Crippen LogP contribution in [0, 0.1) is 0 Å². The second kappa shape index (κ2) is 3.70. The summed E-state index contributed by atoms with van der Waals surface area (Å²) < 4.78 is 0. The Hall–Kier alpha value is -1.28. The lowest BCUT2D eigenvalue weighted by Gasteiger charge is -2.17. The van der Waals surface area contributed by atoms with Crippen LogP contribution in [0.25, 0.3) is 10.9 Å². The number of H-pyrrole nitrogens is 1. The quantitative estimate of drug-likeness (QED) is 0.789. The summed E-state index contributed by atoms with van der Waals surface area (Å²) in [6.07, 6.45) is 4.14. The summed E-state index contributed by atoms with van der Waals surface area (Å²) in [6, 6.07) is 8.39. The average molecular weight is 202 g/mol. The van der Waals surface area contributed by atoms with Crippen molar-refractivity contribution >= 4 is 10.9 Å². The fraction of sp³-hybridized carbons (Fsp3) is 0.385. The molecule has 0 aliphatic carbocycles. The minimum Gasteiger partial charge on any atom is -0.361 e. The third-order valence-electron chi connectivity index (χ3n) is 2.71. The largest absolute Gasteiger partial charge is 0.361 e. The molecule has 0 bridgehead atoms. The Kier molecular flexibility index (Phi) is 2.53. The molecule has 2 rings (SSSR count). The number of aromatic amines is 1. The van der Waals surface area contributed by atoms with E-state index in [1.54, 1.807) is 0 Å². The van der Waals surface area contributed by atoms with Gasteiger partial charge in [-0.1, -0.05) is 18.2 Å². The summed E-state index contributed by atoms with van der Waals surface area (Å²) in [5, 5.41) is 1.32. The van der Waals surface area contributed by atoms with E-state index >= 15 is 0 Å². The maximum absolute atomic E-state index is 5.99. The summed E-state index contributed by atoms with van der Waals surface area (Å²) in [5.41, 5.74) is 8.48. The van der Waals surface area contributed by atoms with Crippen molar-refractivity contribution in [3.63, 3.8) is 0 Å². The smallest absolute Gasteiger partial charge is 0.0456 e. The Morgan fingerprint density at radius 3 is 2.73 bits per heavy atom. The Balaban J connectivity index is 2.22. The zero-order valence-corrected chi connectivity index (χ0v) is 9.38. The second-order valence-electron chi connectivity index (χ2n) is 4.85. The Bertz CT molecular complexity index is 449. The van der Waals surface area contributed by atoms with Crippen LogP contribution in [0.4, 0.5) is 0 Å². The predicted octanol–water partition coefficient (Wildman–Crippen LogP) is 2.84. The highest BCUT2D eigenvalue weighted by Gasteiger charge is 2.11. The van der Waals surface area contributed by atoms with Crippen LogP contribution in [0.2, 0.25) is 0 Å². The summed E-state index contributed by atoms with van der Waals surface area (Å²) in [5.74, 6) is 0. The fourth-order valence-electron chi connectivity index (χ4n) is 1.80. The van der Waals surface area contributed by atoms with Crippen LogP contribution in [-0.2, 0) is 6.42 Å². The number of rotatable bonds is 3. The molecule has 2 nitrogen and oxygen atoms in total. The minimum absolute atomic E-state index is 0.0849. The first kappa shape index (κ1) is 10.2. The number of para-hydroxylation sites is 1. The van der Waals surface area contributed by atoms with Gasteiger partial charge in [0.25, 0.3) is 0 Å². The topological polar surface area (TPSA) is 41.8 Å². The molecule has 0 aliphatic heterocycles. The van der Waals surface area contributed by atoms with Crippen molar-refractivity contribution in [1.82, 2.24) is 4.98 Å². The van der Waals surface area contributed by atoms with Crippen molar-refractivity contribution in [2.24, 2.45) is 5.73 Å². The van der Waals surface area contributed by atoms with Gasteiger partial charge in [-0.2, -0.15) is 0 Å². The lowest BCUT2D eigenvalue weighted by atomic mass is 9.96. The van der Waals surface area contributed by atoms with Crippen LogP contribution in [0.5, 0.6) is 0 Å². The molecule has 0 spiro atoms. The molecule has 1 aromatic heterocycles. The van der Waals surface area contributed by atoms with Crippen LogP contribution >= 0.6 is 0 Å². The standard InChI is InChI=1S/C13H18N2/c1-13(2,14)8-7-10-9-15-12-6-4-3-5-11(10)12/h3-6,9,15H,7-8,14H2,1-2H3. The highest BCUT2D eigenvalue weighted by atomic mass is 14.7. The number of nitrogens with two attached hydrogens (primary N) is 1. The number of hydrogen-bond donors (Lipinski definition) is 2. The van der Waals surface area contributed by atoms with Crippen LogP contribution in [0.1, 0.15) is 25.8 Å². The molecule has 2 heteroatoms. The molecule has 1 heterocycles. The molecule has 0 saturated heterocycles. The molecule has 80 valence electrons. The van der Waals surface area contributed by atoms with Gasteiger partial charge in [0.1, 0.15) is 0 Å². The van der Waals surface area contributed by atoms with Crippen molar-refractivity contribution in [2.75, 3.05) is 0 Å². The Labute approximate surface area is 90.5 Å². The Morgan fingerprint density at radius 2 is 2.00 bits per heavy atom. The molecule has 0 saturated carbocycles. The average Bonchev–Trinajstić information content (AvgIpc) is 2.57. The van der Waals surface area contributed by atoms with Crippen molar-refractivity contribution < 1.29 is 0 Å². The van der Waals surface area contributed by atoms with Crippen molar-refractivity contribution in [3.8, 4) is 0 Å². The van der Waals surface area contributed by atoms with Gasteiger partial charge in [0, 0.05) is 22.6 Å².